The van der Waals surface area contributed by atoms with Crippen molar-refractivity contribution in [2.24, 2.45) is 0 Å². The van der Waals surface area contributed by atoms with E-state index in [1.807, 2.05) is 60.9 Å². The van der Waals surface area contributed by atoms with Crippen LogP contribution in [0.25, 0.3) is 11.0 Å². The van der Waals surface area contributed by atoms with Crippen molar-refractivity contribution in [3.05, 3.63) is 95.8 Å². The van der Waals surface area contributed by atoms with Crippen LogP contribution in [0.5, 0.6) is 0 Å². The summed E-state index contributed by atoms with van der Waals surface area (Å²) in [7, 11) is 0. The maximum absolute atomic E-state index is 12.2. The smallest absolute Gasteiger partial charge is 0.303 e. The highest BCUT2D eigenvalue weighted by atomic mass is 16.7. The van der Waals surface area contributed by atoms with Crippen LogP contribution in [0.4, 0.5) is 5.69 Å². The number of carbonyl (C=O) groups excluding carboxylic acids is 1. The molecule has 0 aliphatic carbocycles. The summed E-state index contributed by atoms with van der Waals surface area (Å²) in [6, 6.07) is 22.8. The minimum atomic E-state index is -1.02. The molecule has 5 rings (SSSR count). The van der Waals surface area contributed by atoms with Gasteiger partial charge in [0.2, 0.25) is 5.91 Å². The lowest BCUT2D eigenvalue weighted by Crippen LogP contribution is -2.32. The van der Waals surface area contributed by atoms with Crippen LogP contribution in [0.3, 0.4) is 0 Å². The molecular formula is C29H29N3O6. The lowest BCUT2D eigenvalue weighted by molar-refractivity contribution is -0.252. The van der Waals surface area contributed by atoms with Crippen LogP contribution in [0.1, 0.15) is 48.3 Å². The SMILES string of the molecule is O=C(O)CCC(=O)Nc1cccc([C@H]2O[C@@H](Cn3cnc4ccccc43)C[C@@H](c3ccc(CO)cc3)O2)c1. The molecule has 4 aromatic rings. The van der Waals surface area contributed by atoms with Gasteiger partial charge in [0, 0.05) is 24.1 Å². The Morgan fingerprint density at radius 3 is 2.58 bits per heavy atom. The number of carbonyl (C=O) groups is 2. The Balaban J connectivity index is 1.38. The number of benzene rings is 3. The van der Waals surface area contributed by atoms with E-state index in [-0.39, 0.29) is 37.6 Å². The third-order valence-corrected chi connectivity index (χ3v) is 6.55. The highest BCUT2D eigenvalue weighted by molar-refractivity contribution is 5.92. The van der Waals surface area contributed by atoms with Gasteiger partial charge in [0.25, 0.3) is 0 Å². The molecule has 2 heterocycles. The van der Waals surface area contributed by atoms with Crippen LogP contribution in [-0.2, 0) is 32.2 Å². The molecule has 1 aliphatic rings. The number of nitrogens with zero attached hydrogens (tertiary/aromatic N) is 2. The molecule has 1 fully saturated rings. The van der Waals surface area contributed by atoms with Crippen LogP contribution < -0.4 is 5.32 Å². The first kappa shape index (κ1) is 25.6. The van der Waals surface area contributed by atoms with E-state index < -0.39 is 12.3 Å². The Labute approximate surface area is 219 Å². The van der Waals surface area contributed by atoms with E-state index in [9.17, 15) is 14.7 Å². The summed E-state index contributed by atoms with van der Waals surface area (Å²) in [6.45, 7) is 0.552. The summed E-state index contributed by atoms with van der Waals surface area (Å²) in [5.74, 6) is -1.39. The number of amides is 1. The quantitative estimate of drug-likeness (QED) is 0.298. The van der Waals surface area contributed by atoms with Crippen LogP contribution in [0.2, 0.25) is 0 Å². The van der Waals surface area contributed by atoms with Crippen molar-refractivity contribution >= 4 is 28.6 Å². The number of ether oxygens (including phenoxy) is 2. The number of para-hydroxylation sites is 2. The fourth-order valence-corrected chi connectivity index (χ4v) is 4.62. The number of aliphatic carboxylic acids is 1. The number of aliphatic hydroxyl groups is 1. The number of fused-ring (bicyclic) bond motifs is 1. The lowest BCUT2D eigenvalue weighted by atomic mass is 10.00. The fraction of sp³-hybridized carbons (Fsp3) is 0.276. The third kappa shape index (κ3) is 6.08. The van der Waals surface area contributed by atoms with Crippen LogP contribution >= 0.6 is 0 Å². The minimum Gasteiger partial charge on any atom is -0.481 e. The molecule has 0 spiro atoms. The zero-order chi connectivity index (χ0) is 26.5. The Morgan fingerprint density at radius 1 is 0.974 bits per heavy atom. The average molecular weight is 516 g/mol. The standard InChI is InChI=1S/C29H29N3O6/c33-17-19-8-10-20(11-9-19)26-15-23(16-32-18-30-24-6-1-2-7-25(24)32)37-29(38-26)21-4-3-5-22(14-21)31-27(34)12-13-28(35)36/h1-11,14,18,23,26,29,33H,12-13,15-17H2,(H,31,34)(H,35,36)/t23-,26+,29+/m1/s1. The summed E-state index contributed by atoms with van der Waals surface area (Å²) < 4.78 is 14.9. The van der Waals surface area contributed by atoms with E-state index in [1.165, 1.54) is 0 Å². The molecule has 3 N–H and O–H groups in total. The second-order valence-corrected chi connectivity index (χ2v) is 9.30. The van der Waals surface area contributed by atoms with Gasteiger partial charge in [-0.15, -0.1) is 0 Å². The number of carboxylic acids is 1. The van der Waals surface area contributed by atoms with Crippen molar-refractivity contribution in [2.75, 3.05) is 5.32 Å². The van der Waals surface area contributed by atoms with E-state index in [0.717, 1.165) is 27.7 Å². The van der Waals surface area contributed by atoms with Crippen molar-refractivity contribution in [3.63, 3.8) is 0 Å². The van der Waals surface area contributed by atoms with E-state index in [4.69, 9.17) is 14.6 Å². The number of rotatable bonds is 9. The van der Waals surface area contributed by atoms with Gasteiger partial charge in [-0.25, -0.2) is 4.98 Å². The summed E-state index contributed by atoms with van der Waals surface area (Å²) in [5, 5.41) is 21.0. The number of anilines is 1. The van der Waals surface area contributed by atoms with E-state index in [2.05, 4.69) is 14.9 Å². The highest BCUT2D eigenvalue weighted by Gasteiger charge is 2.32. The summed E-state index contributed by atoms with van der Waals surface area (Å²) in [4.78, 5) is 27.5. The number of nitrogens with one attached hydrogen (secondary N) is 1. The van der Waals surface area contributed by atoms with E-state index in [0.29, 0.717) is 18.7 Å². The zero-order valence-electron chi connectivity index (χ0n) is 20.7. The van der Waals surface area contributed by atoms with Gasteiger partial charge in [0.05, 0.1) is 49.1 Å². The molecule has 9 nitrogen and oxygen atoms in total. The molecule has 1 aliphatic heterocycles. The van der Waals surface area contributed by atoms with Gasteiger partial charge in [-0.05, 0) is 35.4 Å². The monoisotopic (exact) mass is 515 g/mol. The third-order valence-electron chi connectivity index (χ3n) is 6.55. The molecule has 0 radical (unpaired) electrons. The largest absolute Gasteiger partial charge is 0.481 e. The number of aromatic nitrogens is 2. The minimum absolute atomic E-state index is 0.0289. The second kappa shape index (κ2) is 11.6. The summed E-state index contributed by atoms with van der Waals surface area (Å²) >= 11 is 0. The van der Waals surface area contributed by atoms with Crippen molar-refractivity contribution in [3.8, 4) is 0 Å². The van der Waals surface area contributed by atoms with Crippen molar-refractivity contribution < 1.29 is 29.3 Å². The van der Waals surface area contributed by atoms with Crippen LogP contribution in [-0.4, -0.2) is 37.7 Å². The molecule has 0 saturated carbocycles. The zero-order valence-corrected chi connectivity index (χ0v) is 20.7. The first-order chi connectivity index (χ1) is 18.5. The molecule has 196 valence electrons. The molecule has 1 amide bonds. The molecule has 38 heavy (non-hydrogen) atoms. The Kier molecular flexibility index (Phi) is 7.78. The second-order valence-electron chi connectivity index (χ2n) is 9.30. The predicted octanol–water partition coefficient (Wildman–Crippen LogP) is 4.58. The van der Waals surface area contributed by atoms with Crippen molar-refractivity contribution in [1.82, 2.24) is 9.55 Å². The number of aliphatic hydroxyl groups excluding tert-OH is 1. The van der Waals surface area contributed by atoms with Crippen LogP contribution in [0.15, 0.2) is 79.1 Å². The Morgan fingerprint density at radius 2 is 1.79 bits per heavy atom. The van der Waals surface area contributed by atoms with E-state index in [1.54, 1.807) is 18.2 Å². The summed E-state index contributed by atoms with van der Waals surface area (Å²) in [5.41, 5.74) is 5.02. The lowest BCUT2D eigenvalue weighted by Gasteiger charge is -2.36. The molecule has 9 heteroatoms. The van der Waals surface area contributed by atoms with E-state index >= 15 is 0 Å². The van der Waals surface area contributed by atoms with Gasteiger partial charge in [0.15, 0.2) is 6.29 Å². The molecular weight excluding hydrogens is 486 g/mol. The predicted molar refractivity (Wildman–Crippen MR) is 140 cm³/mol. The van der Waals surface area contributed by atoms with Crippen LogP contribution in [0, 0.1) is 0 Å². The molecule has 3 aromatic carbocycles. The van der Waals surface area contributed by atoms with Gasteiger partial charge in [-0.2, -0.15) is 0 Å². The first-order valence-corrected chi connectivity index (χ1v) is 12.5. The number of imidazole rings is 1. The van der Waals surface area contributed by atoms with Crippen molar-refractivity contribution in [1.29, 1.82) is 0 Å². The fourth-order valence-electron chi connectivity index (χ4n) is 4.62. The number of hydrogen-bond donors (Lipinski definition) is 3. The molecule has 1 saturated heterocycles. The average Bonchev–Trinajstić information content (AvgIpc) is 3.34. The Hall–Kier alpha value is -4.05. The first-order valence-electron chi connectivity index (χ1n) is 12.5. The van der Waals surface area contributed by atoms with Crippen molar-refractivity contribution in [2.45, 2.75) is 50.9 Å². The van der Waals surface area contributed by atoms with Gasteiger partial charge in [-0.1, -0.05) is 48.5 Å². The molecule has 3 atom stereocenters. The van der Waals surface area contributed by atoms with Gasteiger partial charge in [0.1, 0.15) is 0 Å². The molecule has 1 aromatic heterocycles. The van der Waals surface area contributed by atoms with Gasteiger partial charge < -0.3 is 29.6 Å². The normalized spacial score (nSPS) is 19.3. The molecule has 0 unspecified atom stereocenters. The Bertz CT molecular complexity index is 1420. The maximum Gasteiger partial charge on any atom is 0.303 e. The van der Waals surface area contributed by atoms with Gasteiger partial charge in [-0.3, -0.25) is 9.59 Å². The number of hydrogen-bond acceptors (Lipinski definition) is 6. The topological polar surface area (TPSA) is 123 Å². The maximum atomic E-state index is 12.2. The highest BCUT2D eigenvalue weighted by Crippen LogP contribution is 2.39. The number of carboxylic acid groups (broad SMARTS) is 1. The summed E-state index contributed by atoms with van der Waals surface area (Å²) in [6.07, 6.45) is 0.953. The van der Waals surface area contributed by atoms with Gasteiger partial charge >= 0.3 is 5.97 Å². The molecule has 0 bridgehead atoms.